The second-order valence-corrected chi connectivity index (χ2v) is 4.92. The third kappa shape index (κ3) is 4.81. The highest BCUT2D eigenvalue weighted by atomic mass is 16.5. The fourth-order valence-electron chi connectivity index (χ4n) is 2.51. The number of aliphatic hydroxyl groups excluding tert-OH is 1. The molecule has 3 atom stereocenters. The molecule has 0 heterocycles. The molecule has 1 aliphatic rings. The summed E-state index contributed by atoms with van der Waals surface area (Å²) in [6.07, 6.45) is 7.42. The summed E-state index contributed by atoms with van der Waals surface area (Å²) in [4.78, 5) is 0. The Hall–Kier alpha value is -0.120. The van der Waals surface area contributed by atoms with Gasteiger partial charge in [-0.15, -0.1) is 0 Å². The number of hydrogen-bond donors (Lipinski definition) is 2. The van der Waals surface area contributed by atoms with Crippen LogP contribution < -0.4 is 5.32 Å². The van der Waals surface area contributed by atoms with E-state index in [-0.39, 0.29) is 0 Å². The number of aliphatic hydroxyl groups is 1. The first-order valence-electron chi connectivity index (χ1n) is 6.67. The Balaban J connectivity index is 2.20. The van der Waals surface area contributed by atoms with Gasteiger partial charge in [-0.1, -0.05) is 13.3 Å². The molecule has 3 heteroatoms. The standard InChI is InChI=1S/C13H27NO2/c1-3-11(7-8-15)10-14-12-5-4-6-13(9-12)16-2/h11-15H,3-10H2,1-2H3. The molecule has 0 aromatic carbocycles. The molecule has 1 aliphatic carbocycles. The maximum atomic E-state index is 8.94. The van der Waals surface area contributed by atoms with Gasteiger partial charge in [-0.25, -0.2) is 0 Å². The molecule has 1 fully saturated rings. The van der Waals surface area contributed by atoms with Gasteiger partial charge in [0.25, 0.3) is 0 Å². The normalized spacial score (nSPS) is 27.9. The average Bonchev–Trinajstić information content (AvgIpc) is 2.34. The summed E-state index contributed by atoms with van der Waals surface area (Å²) in [6.45, 7) is 3.55. The zero-order valence-corrected chi connectivity index (χ0v) is 10.7. The molecule has 0 aromatic rings. The first-order chi connectivity index (χ1) is 7.80. The fourth-order valence-corrected chi connectivity index (χ4v) is 2.51. The zero-order valence-electron chi connectivity index (χ0n) is 10.7. The summed E-state index contributed by atoms with van der Waals surface area (Å²) in [5, 5.41) is 12.6. The lowest BCUT2D eigenvalue weighted by Crippen LogP contribution is -2.39. The van der Waals surface area contributed by atoms with Crippen molar-refractivity contribution < 1.29 is 9.84 Å². The van der Waals surface area contributed by atoms with Gasteiger partial charge in [-0.2, -0.15) is 0 Å². The van der Waals surface area contributed by atoms with Gasteiger partial charge < -0.3 is 15.2 Å². The van der Waals surface area contributed by atoms with Crippen LogP contribution in [0.5, 0.6) is 0 Å². The summed E-state index contributed by atoms with van der Waals surface area (Å²) in [5.74, 6) is 0.618. The smallest absolute Gasteiger partial charge is 0.0586 e. The molecule has 0 radical (unpaired) electrons. The lowest BCUT2D eigenvalue weighted by atomic mass is 9.92. The van der Waals surface area contributed by atoms with Gasteiger partial charge in [0.2, 0.25) is 0 Å². The van der Waals surface area contributed by atoms with Crippen molar-refractivity contribution in [2.75, 3.05) is 20.3 Å². The molecule has 1 saturated carbocycles. The van der Waals surface area contributed by atoms with Crippen LogP contribution in [-0.4, -0.2) is 37.5 Å². The highest BCUT2D eigenvalue weighted by molar-refractivity contribution is 4.79. The molecular formula is C13H27NO2. The van der Waals surface area contributed by atoms with E-state index in [1.165, 1.54) is 19.3 Å². The number of rotatable bonds is 7. The molecule has 0 spiro atoms. The van der Waals surface area contributed by atoms with Gasteiger partial charge in [-0.05, 0) is 44.6 Å². The third-order valence-corrected chi connectivity index (χ3v) is 3.77. The van der Waals surface area contributed by atoms with Crippen LogP contribution in [-0.2, 0) is 4.74 Å². The average molecular weight is 229 g/mol. The Morgan fingerprint density at radius 3 is 2.88 bits per heavy atom. The molecule has 0 bridgehead atoms. The molecule has 16 heavy (non-hydrogen) atoms. The minimum atomic E-state index is 0.311. The first-order valence-corrected chi connectivity index (χ1v) is 6.67. The van der Waals surface area contributed by atoms with Crippen molar-refractivity contribution in [3.63, 3.8) is 0 Å². The van der Waals surface area contributed by atoms with E-state index in [0.717, 1.165) is 25.8 Å². The minimum Gasteiger partial charge on any atom is -0.396 e. The SMILES string of the molecule is CCC(CCO)CNC1CCCC(OC)C1. The van der Waals surface area contributed by atoms with Crippen LogP contribution in [0.4, 0.5) is 0 Å². The summed E-state index contributed by atoms with van der Waals surface area (Å²) >= 11 is 0. The van der Waals surface area contributed by atoms with Crippen LogP contribution in [0.2, 0.25) is 0 Å². The zero-order chi connectivity index (χ0) is 11.8. The Labute approximate surface area is 99.6 Å². The molecule has 0 aliphatic heterocycles. The Morgan fingerprint density at radius 1 is 1.44 bits per heavy atom. The number of nitrogens with one attached hydrogen (secondary N) is 1. The van der Waals surface area contributed by atoms with E-state index in [2.05, 4.69) is 12.2 Å². The molecule has 3 unspecified atom stereocenters. The van der Waals surface area contributed by atoms with Gasteiger partial charge in [0, 0.05) is 19.8 Å². The minimum absolute atomic E-state index is 0.311. The first kappa shape index (κ1) is 13.9. The summed E-state index contributed by atoms with van der Waals surface area (Å²) in [6, 6.07) is 0.617. The van der Waals surface area contributed by atoms with E-state index in [9.17, 15) is 0 Å². The van der Waals surface area contributed by atoms with Crippen molar-refractivity contribution in [3.8, 4) is 0 Å². The summed E-state index contributed by atoms with van der Waals surface area (Å²) < 4.78 is 5.42. The Bertz CT molecular complexity index is 175. The number of methoxy groups -OCH3 is 1. The lowest BCUT2D eigenvalue weighted by Gasteiger charge is -2.30. The van der Waals surface area contributed by atoms with Crippen molar-refractivity contribution >= 4 is 0 Å². The quantitative estimate of drug-likeness (QED) is 0.701. The number of ether oxygens (including phenoxy) is 1. The van der Waals surface area contributed by atoms with E-state index in [1.807, 2.05) is 7.11 Å². The maximum Gasteiger partial charge on any atom is 0.0586 e. The van der Waals surface area contributed by atoms with Crippen LogP contribution in [0.25, 0.3) is 0 Å². The molecule has 96 valence electrons. The second kappa shape index (κ2) is 8.04. The van der Waals surface area contributed by atoms with Gasteiger partial charge in [0.1, 0.15) is 0 Å². The molecule has 2 N–H and O–H groups in total. The van der Waals surface area contributed by atoms with Crippen molar-refractivity contribution in [2.45, 2.75) is 57.6 Å². The predicted molar refractivity (Wildman–Crippen MR) is 66.5 cm³/mol. The van der Waals surface area contributed by atoms with E-state index in [1.54, 1.807) is 0 Å². The van der Waals surface area contributed by atoms with E-state index in [0.29, 0.717) is 24.7 Å². The molecular weight excluding hydrogens is 202 g/mol. The van der Waals surface area contributed by atoms with Gasteiger partial charge in [-0.3, -0.25) is 0 Å². The van der Waals surface area contributed by atoms with Gasteiger partial charge in [0.15, 0.2) is 0 Å². The predicted octanol–water partition coefficient (Wildman–Crippen LogP) is 1.94. The van der Waals surface area contributed by atoms with Crippen LogP contribution in [0, 0.1) is 5.92 Å². The van der Waals surface area contributed by atoms with Gasteiger partial charge >= 0.3 is 0 Å². The van der Waals surface area contributed by atoms with Crippen LogP contribution in [0.15, 0.2) is 0 Å². The largest absolute Gasteiger partial charge is 0.396 e. The molecule has 1 rings (SSSR count). The van der Waals surface area contributed by atoms with E-state index in [4.69, 9.17) is 9.84 Å². The highest BCUT2D eigenvalue weighted by Crippen LogP contribution is 2.21. The van der Waals surface area contributed by atoms with Crippen LogP contribution in [0.1, 0.15) is 45.4 Å². The van der Waals surface area contributed by atoms with Crippen molar-refractivity contribution in [2.24, 2.45) is 5.92 Å². The number of hydrogen-bond acceptors (Lipinski definition) is 3. The molecule has 0 amide bonds. The monoisotopic (exact) mass is 229 g/mol. The van der Waals surface area contributed by atoms with Crippen molar-refractivity contribution in [1.29, 1.82) is 0 Å². The van der Waals surface area contributed by atoms with Crippen LogP contribution in [0.3, 0.4) is 0 Å². The maximum absolute atomic E-state index is 8.94. The second-order valence-electron chi connectivity index (χ2n) is 4.92. The third-order valence-electron chi connectivity index (χ3n) is 3.77. The van der Waals surface area contributed by atoms with Crippen molar-refractivity contribution in [1.82, 2.24) is 5.32 Å². The fraction of sp³-hybridized carbons (Fsp3) is 1.00. The summed E-state index contributed by atoms with van der Waals surface area (Å²) in [7, 11) is 1.81. The topological polar surface area (TPSA) is 41.5 Å². The molecule has 0 aromatic heterocycles. The van der Waals surface area contributed by atoms with Gasteiger partial charge in [0.05, 0.1) is 6.10 Å². The Kier molecular flexibility index (Phi) is 7.01. The summed E-state index contributed by atoms with van der Waals surface area (Å²) in [5.41, 5.74) is 0. The Morgan fingerprint density at radius 2 is 2.25 bits per heavy atom. The van der Waals surface area contributed by atoms with E-state index < -0.39 is 0 Å². The lowest BCUT2D eigenvalue weighted by molar-refractivity contribution is 0.0579. The van der Waals surface area contributed by atoms with Crippen molar-refractivity contribution in [3.05, 3.63) is 0 Å². The van der Waals surface area contributed by atoms with Crippen LogP contribution >= 0.6 is 0 Å². The highest BCUT2D eigenvalue weighted by Gasteiger charge is 2.21. The molecule has 3 nitrogen and oxygen atoms in total. The molecule has 0 saturated heterocycles. The van der Waals surface area contributed by atoms with E-state index >= 15 is 0 Å².